The van der Waals surface area contributed by atoms with E-state index in [0.29, 0.717) is 11.1 Å². The molecule has 2 aromatic rings. The molecule has 2 rings (SSSR count). The van der Waals surface area contributed by atoms with Gasteiger partial charge in [-0.25, -0.2) is 9.18 Å². The Bertz CT molecular complexity index is 893. The summed E-state index contributed by atoms with van der Waals surface area (Å²) in [5.41, 5.74) is 0.670. The van der Waals surface area contributed by atoms with Gasteiger partial charge in [-0.3, -0.25) is 9.59 Å². The number of benzene rings is 2. The standard InChI is InChI=1S/C22H23FN2O4/c1-14(2)12-19(22(28)29)25-21(27)18(13-15-8-10-17(23)11-9-15)24-20(26)16-6-4-3-5-7-16/h3-11,13-14,19H,12H2,1-2H3,(H,24,26)(H,25,27)(H,28,29)/b18-13-/t19-/m0/s1. The molecule has 6 nitrogen and oxygen atoms in total. The minimum absolute atomic E-state index is 0.0415. The number of hydrogen-bond donors (Lipinski definition) is 3. The van der Waals surface area contributed by atoms with Gasteiger partial charge < -0.3 is 15.7 Å². The van der Waals surface area contributed by atoms with Gasteiger partial charge in [0, 0.05) is 5.56 Å². The van der Waals surface area contributed by atoms with Crippen LogP contribution >= 0.6 is 0 Å². The van der Waals surface area contributed by atoms with Crippen LogP contribution in [0.2, 0.25) is 0 Å². The van der Waals surface area contributed by atoms with Gasteiger partial charge in [0.15, 0.2) is 0 Å². The molecule has 1 atom stereocenters. The van der Waals surface area contributed by atoms with Gasteiger partial charge in [0.2, 0.25) is 0 Å². The van der Waals surface area contributed by atoms with E-state index in [0.717, 1.165) is 0 Å². The van der Waals surface area contributed by atoms with E-state index in [1.54, 1.807) is 30.3 Å². The number of carbonyl (C=O) groups is 3. The maximum atomic E-state index is 13.2. The van der Waals surface area contributed by atoms with E-state index in [4.69, 9.17) is 0 Å². The van der Waals surface area contributed by atoms with Gasteiger partial charge in [0.1, 0.15) is 17.6 Å². The summed E-state index contributed by atoms with van der Waals surface area (Å²) < 4.78 is 13.2. The predicted molar refractivity (Wildman–Crippen MR) is 107 cm³/mol. The largest absolute Gasteiger partial charge is 0.480 e. The molecule has 0 radical (unpaired) electrons. The Morgan fingerprint density at radius 2 is 1.66 bits per heavy atom. The van der Waals surface area contributed by atoms with Crippen molar-refractivity contribution >= 4 is 23.9 Å². The smallest absolute Gasteiger partial charge is 0.326 e. The van der Waals surface area contributed by atoms with E-state index in [9.17, 15) is 23.9 Å². The van der Waals surface area contributed by atoms with Crippen molar-refractivity contribution in [1.82, 2.24) is 10.6 Å². The second kappa shape index (κ2) is 10.2. The first-order chi connectivity index (χ1) is 13.8. The number of rotatable bonds is 8. The van der Waals surface area contributed by atoms with Crippen LogP contribution in [0.3, 0.4) is 0 Å². The van der Waals surface area contributed by atoms with Gasteiger partial charge in [-0.05, 0) is 48.2 Å². The average molecular weight is 398 g/mol. The van der Waals surface area contributed by atoms with Gasteiger partial charge in [-0.15, -0.1) is 0 Å². The quantitative estimate of drug-likeness (QED) is 0.595. The third-order valence-electron chi connectivity index (χ3n) is 4.02. The van der Waals surface area contributed by atoms with Gasteiger partial charge in [-0.1, -0.05) is 44.2 Å². The zero-order chi connectivity index (χ0) is 21.4. The van der Waals surface area contributed by atoms with Crippen LogP contribution in [0.25, 0.3) is 6.08 Å². The van der Waals surface area contributed by atoms with Gasteiger partial charge in [0.05, 0.1) is 0 Å². The topological polar surface area (TPSA) is 95.5 Å². The maximum absolute atomic E-state index is 13.2. The minimum atomic E-state index is -1.16. The first-order valence-corrected chi connectivity index (χ1v) is 9.13. The van der Waals surface area contributed by atoms with E-state index in [-0.39, 0.29) is 18.0 Å². The van der Waals surface area contributed by atoms with Crippen LogP contribution in [0.15, 0.2) is 60.3 Å². The summed E-state index contributed by atoms with van der Waals surface area (Å²) in [6.07, 6.45) is 1.60. The van der Waals surface area contributed by atoms with E-state index >= 15 is 0 Å². The molecule has 2 aromatic carbocycles. The molecule has 0 aliphatic carbocycles. The molecule has 0 spiro atoms. The summed E-state index contributed by atoms with van der Waals surface area (Å²) in [4.78, 5) is 36.7. The van der Waals surface area contributed by atoms with Crippen molar-refractivity contribution in [1.29, 1.82) is 0 Å². The summed E-state index contributed by atoms with van der Waals surface area (Å²) in [6, 6.07) is 12.5. The van der Waals surface area contributed by atoms with Crippen LogP contribution in [0.5, 0.6) is 0 Å². The second-order valence-corrected chi connectivity index (χ2v) is 6.92. The van der Waals surface area contributed by atoms with Crippen LogP contribution in [0, 0.1) is 11.7 Å². The molecule has 0 aromatic heterocycles. The van der Waals surface area contributed by atoms with Crippen LogP contribution in [-0.2, 0) is 9.59 Å². The van der Waals surface area contributed by atoms with E-state index in [1.807, 2.05) is 13.8 Å². The Hall–Kier alpha value is -3.48. The van der Waals surface area contributed by atoms with Gasteiger partial charge in [0.25, 0.3) is 11.8 Å². The van der Waals surface area contributed by atoms with E-state index in [1.165, 1.54) is 30.3 Å². The molecule has 0 saturated heterocycles. The van der Waals surface area contributed by atoms with Crippen LogP contribution < -0.4 is 10.6 Å². The lowest BCUT2D eigenvalue weighted by molar-refractivity contribution is -0.141. The Kier molecular flexibility index (Phi) is 7.65. The summed E-state index contributed by atoms with van der Waals surface area (Å²) in [5.74, 6) is -2.83. The number of aliphatic carboxylic acids is 1. The third-order valence-corrected chi connectivity index (χ3v) is 4.02. The molecular weight excluding hydrogens is 375 g/mol. The van der Waals surface area contributed by atoms with Crippen LogP contribution in [-0.4, -0.2) is 28.9 Å². The molecule has 29 heavy (non-hydrogen) atoms. The number of carboxylic acid groups (broad SMARTS) is 1. The Morgan fingerprint density at radius 3 is 2.21 bits per heavy atom. The number of hydrogen-bond acceptors (Lipinski definition) is 3. The number of carboxylic acids is 1. The first kappa shape index (κ1) is 21.8. The molecule has 0 aliphatic rings. The molecule has 0 saturated carbocycles. The fourth-order valence-corrected chi connectivity index (χ4v) is 2.60. The molecule has 0 aliphatic heterocycles. The van der Waals surface area contributed by atoms with Crippen molar-refractivity contribution in [2.75, 3.05) is 0 Å². The maximum Gasteiger partial charge on any atom is 0.326 e. The van der Waals surface area contributed by atoms with Gasteiger partial charge >= 0.3 is 5.97 Å². The highest BCUT2D eigenvalue weighted by Crippen LogP contribution is 2.11. The summed E-state index contributed by atoms with van der Waals surface area (Å²) in [7, 11) is 0. The molecule has 152 valence electrons. The van der Waals surface area contributed by atoms with Gasteiger partial charge in [-0.2, -0.15) is 0 Å². The second-order valence-electron chi connectivity index (χ2n) is 6.92. The molecule has 3 N–H and O–H groups in total. The lowest BCUT2D eigenvalue weighted by atomic mass is 10.0. The lowest BCUT2D eigenvalue weighted by Crippen LogP contribution is -2.45. The third kappa shape index (κ3) is 6.88. The first-order valence-electron chi connectivity index (χ1n) is 9.13. The number of carbonyl (C=O) groups excluding carboxylic acids is 2. The highest BCUT2D eigenvalue weighted by Gasteiger charge is 2.24. The van der Waals surface area contributed by atoms with Crippen molar-refractivity contribution < 1.29 is 23.9 Å². The SMILES string of the molecule is CC(C)C[C@H](NC(=O)/C(=C/c1ccc(F)cc1)NC(=O)c1ccccc1)C(=O)O. The summed E-state index contributed by atoms with van der Waals surface area (Å²) >= 11 is 0. The van der Waals surface area contributed by atoms with Crippen molar-refractivity contribution in [3.63, 3.8) is 0 Å². The lowest BCUT2D eigenvalue weighted by Gasteiger charge is -2.18. The highest BCUT2D eigenvalue weighted by molar-refractivity contribution is 6.06. The van der Waals surface area contributed by atoms with Crippen molar-refractivity contribution in [3.8, 4) is 0 Å². The fourth-order valence-electron chi connectivity index (χ4n) is 2.60. The van der Waals surface area contributed by atoms with Crippen molar-refractivity contribution in [3.05, 3.63) is 77.2 Å². The van der Waals surface area contributed by atoms with Crippen molar-refractivity contribution in [2.24, 2.45) is 5.92 Å². The number of halogens is 1. The molecule has 0 fully saturated rings. The zero-order valence-corrected chi connectivity index (χ0v) is 16.2. The molecular formula is C22H23FN2O4. The fraction of sp³-hybridized carbons (Fsp3) is 0.227. The monoisotopic (exact) mass is 398 g/mol. The van der Waals surface area contributed by atoms with E-state index in [2.05, 4.69) is 10.6 Å². The minimum Gasteiger partial charge on any atom is -0.480 e. The summed E-state index contributed by atoms with van der Waals surface area (Å²) in [6.45, 7) is 3.68. The van der Waals surface area contributed by atoms with Crippen molar-refractivity contribution in [2.45, 2.75) is 26.3 Å². The Labute approximate surface area is 168 Å². The number of nitrogens with one attached hydrogen (secondary N) is 2. The molecule has 0 bridgehead atoms. The average Bonchev–Trinajstić information content (AvgIpc) is 2.68. The number of amides is 2. The van der Waals surface area contributed by atoms with E-state index < -0.39 is 29.6 Å². The van der Waals surface area contributed by atoms with Crippen LogP contribution in [0.4, 0.5) is 4.39 Å². The molecule has 0 unspecified atom stereocenters. The van der Waals surface area contributed by atoms with Crippen LogP contribution in [0.1, 0.15) is 36.2 Å². The molecule has 0 heterocycles. The Morgan fingerprint density at radius 1 is 1.03 bits per heavy atom. The molecule has 7 heteroatoms. The Balaban J connectivity index is 2.30. The zero-order valence-electron chi connectivity index (χ0n) is 16.2. The molecule has 2 amide bonds. The normalized spacial score (nSPS) is 12.3. The predicted octanol–water partition coefficient (Wildman–Crippen LogP) is 3.21. The highest BCUT2D eigenvalue weighted by atomic mass is 19.1. The summed E-state index contributed by atoms with van der Waals surface area (Å²) in [5, 5.41) is 14.3.